The maximum absolute atomic E-state index is 13.1. The number of imidazole rings is 1. The molecule has 1 saturated heterocycles. The highest BCUT2D eigenvalue weighted by Gasteiger charge is 2.30. The second-order valence-electron chi connectivity index (χ2n) is 6.77. The van der Waals surface area contributed by atoms with Gasteiger partial charge in [0.1, 0.15) is 11.5 Å². The van der Waals surface area contributed by atoms with Gasteiger partial charge in [0.25, 0.3) is 5.91 Å². The number of rotatable bonds is 4. The van der Waals surface area contributed by atoms with Gasteiger partial charge in [-0.05, 0) is 32.3 Å². The zero-order chi connectivity index (χ0) is 18.8. The summed E-state index contributed by atoms with van der Waals surface area (Å²) >= 11 is 0. The molecule has 7 heteroatoms. The molecule has 0 aliphatic carbocycles. The van der Waals surface area contributed by atoms with Crippen molar-refractivity contribution in [2.24, 2.45) is 0 Å². The topological polar surface area (TPSA) is 80.2 Å². The summed E-state index contributed by atoms with van der Waals surface area (Å²) in [6, 6.07) is 0.238. The first-order valence-corrected chi connectivity index (χ1v) is 9.06. The van der Waals surface area contributed by atoms with Gasteiger partial charge in [-0.2, -0.15) is 0 Å². The van der Waals surface area contributed by atoms with Gasteiger partial charge in [-0.15, -0.1) is 0 Å². The highest BCUT2D eigenvalue weighted by molar-refractivity contribution is 6.00. The van der Waals surface area contributed by atoms with Crippen LogP contribution < -0.4 is 0 Å². The van der Waals surface area contributed by atoms with E-state index >= 15 is 0 Å². The molecule has 1 amide bonds. The van der Waals surface area contributed by atoms with E-state index < -0.39 is 5.97 Å². The average Bonchev–Trinajstić information content (AvgIpc) is 3.25. The fourth-order valence-electron chi connectivity index (χ4n) is 3.85. The number of nitrogens with one attached hydrogen (secondary N) is 1. The largest absolute Gasteiger partial charge is 0.465 e. The second kappa shape index (κ2) is 7.35. The van der Waals surface area contributed by atoms with Crippen molar-refractivity contribution in [1.82, 2.24) is 19.4 Å². The molecular weight excluding hydrogens is 332 g/mol. The Morgan fingerprint density at radius 3 is 2.85 bits per heavy atom. The molecule has 140 valence electrons. The number of aryl methyl sites for hydroxylation is 2. The van der Waals surface area contributed by atoms with Gasteiger partial charge < -0.3 is 19.2 Å². The molecule has 1 aliphatic rings. The van der Waals surface area contributed by atoms with Gasteiger partial charge in [0.2, 0.25) is 0 Å². The fraction of sp³-hybridized carbons (Fsp3) is 0.526. The number of carbonyl (C=O) groups excluding carboxylic acids is 2. The maximum atomic E-state index is 13.1. The monoisotopic (exact) mass is 358 g/mol. The zero-order valence-corrected chi connectivity index (χ0v) is 15.8. The number of piperidine rings is 1. The third-order valence-corrected chi connectivity index (χ3v) is 5.18. The lowest BCUT2D eigenvalue weighted by Crippen LogP contribution is -2.41. The fourth-order valence-corrected chi connectivity index (χ4v) is 3.85. The minimum Gasteiger partial charge on any atom is -0.465 e. The number of methoxy groups -OCH3 is 1. The lowest BCUT2D eigenvalue weighted by molar-refractivity contribution is 0.0599. The summed E-state index contributed by atoms with van der Waals surface area (Å²) in [6.07, 6.45) is 6.66. The Balaban J connectivity index is 1.83. The minimum atomic E-state index is -0.419. The first-order chi connectivity index (χ1) is 12.5. The summed E-state index contributed by atoms with van der Waals surface area (Å²) in [6.45, 7) is 7.03. The Labute approximate surface area is 153 Å². The van der Waals surface area contributed by atoms with Crippen molar-refractivity contribution in [2.75, 3.05) is 20.2 Å². The number of aromatic nitrogens is 3. The molecule has 3 rings (SSSR count). The SMILES string of the molecule is CCc1nccn1C1CCCN(C(=O)c2[nH]c(C)c(C(=O)OC)c2C)C1. The molecule has 0 spiro atoms. The minimum absolute atomic E-state index is 0.0661. The van der Waals surface area contributed by atoms with Gasteiger partial charge in [0.15, 0.2) is 0 Å². The van der Waals surface area contributed by atoms with Gasteiger partial charge in [-0.1, -0.05) is 6.92 Å². The number of amides is 1. The van der Waals surface area contributed by atoms with Crippen molar-refractivity contribution in [2.45, 2.75) is 46.1 Å². The van der Waals surface area contributed by atoms with E-state index in [0.717, 1.165) is 31.6 Å². The predicted molar refractivity (Wildman–Crippen MR) is 97.4 cm³/mol. The predicted octanol–water partition coefficient (Wildman–Crippen LogP) is 2.65. The molecule has 1 aliphatic heterocycles. The molecule has 26 heavy (non-hydrogen) atoms. The zero-order valence-electron chi connectivity index (χ0n) is 15.8. The number of ether oxygens (including phenoxy) is 1. The van der Waals surface area contributed by atoms with Crippen LogP contribution in [-0.4, -0.2) is 51.5 Å². The van der Waals surface area contributed by atoms with Crippen LogP contribution in [0.15, 0.2) is 12.4 Å². The lowest BCUT2D eigenvalue weighted by Gasteiger charge is -2.34. The molecule has 2 aromatic heterocycles. The molecular formula is C19H26N4O3. The second-order valence-corrected chi connectivity index (χ2v) is 6.77. The highest BCUT2D eigenvalue weighted by atomic mass is 16.5. The van der Waals surface area contributed by atoms with Crippen LogP contribution in [0.5, 0.6) is 0 Å². The summed E-state index contributed by atoms with van der Waals surface area (Å²) in [4.78, 5) is 34.4. The summed E-state index contributed by atoms with van der Waals surface area (Å²) in [5.74, 6) is 0.561. The van der Waals surface area contributed by atoms with Crippen molar-refractivity contribution in [3.05, 3.63) is 40.7 Å². The van der Waals surface area contributed by atoms with Gasteiger partial charge in [-0.25, -0.2) is 9.78 Å². The van der Waals surface area contributed by atoms with Crippen molar-refractivity contribution in [3.8, 4) is 0 Å². The molecule has 0 bridgehead atoms. The van der Waals surface area contributed by atoms with Crippen LogP contribution in [0, 0.1) is 13.8 Å². The van der Waals surface area contributed by atoms with Crippen LogP contribution in [0.2, 0.25) is 0 Å². The van der Waals surface area contributed by atoms with E-state index in [4.69, 9.17) is 4.74 Å². The van der Waals surface area contributed by atoms with E-state index in [1.54, 1.807) is 13.8 Å². The number of nitrogens with zero attached hydrogens (tertiary/aromatic N) is 3. The van der Waals surface area contributed by atoms with Crippen molar-refractivity contribution in [3.63, 3.8) is 0 Å². The quantitative estimate of drug-likeness (QED) is 0.852. The number of esters is 1. The Kier molecular flexibility index (Phi) is 5.15. The van der Waals surface area contributed by atoms with Crippen LogP contribution >= 0.6 is 0 Å². The normalized spacial score (nSPS) is 17.4. The van der Waals surface area contributed by atoms with Crippen LogP contribution in [-0.2, 0) is 11.2 Å². The molecule has 1 N–H and O–H groups in total. The van der Waals surface area contributed by atoms with E-state index in [1.165, 1.54) is 7.11 Å². The molecule has 0 aromatic carbocycles. The molecule has 1 atom stereocenters. The third-order valence-electron chi connectivity index (χ3n) is 5.18. The van der Waals surface area contributed by atoms with Gasteiger partial charge in [0.05, 0.1) is 18.7 Å². The summed E-state index contributed by atoms with van der Waals surface area (Å²) < 4.78 is 7.02. The molecule has 1 unspecified atom stereocenters. The average molecular weight is 358 g/mol. The highest BCUT2D eigenvalue weighted by Crippen LogP contribution is 2.26. The Hall–Kier alpha value is -2.57. The number of H-pyrrole nitrogens is 1. The van der Waals surface area contributed by atoms with Gasteiger partial charge in [-0.3, -0.25) is 4.79 Å². The Morgan fingerprint density at radius 2 is 2.15 bits per heavy atom. The number of aromatic amines is 1. The van der Waals surface area contributed by atoms with Crippen molar-refractivity contribution >= 4 is 11.9 Å². The number of hydrogen-bond acceptors (Lipinski definition) is 4. The smallest absolute Gasteiger partial charge is 0.339 e. The summed E-state index contributed by atoms with van der Waals surface area (Å²) in [5.41, 5.74) is 2.24. The lowest BCUT2D eigenvalue weighted by atomic mass is 10.0. The Morgan fingerprint density at radius 1 is 1.38 bits per heavy atom. The molecule has 2 aromatic rings. The first kappa shape index (κ1) is 18.2. The molecule has 7 nitrogen and oxygen atoms in total. The van der Waals surface area contributed by atoms with Crippen molar-refractivity contribution < 1.29 is 14.3 Å². The number of hydrogen-bond donors (Lipinski definition) is 1. The molecule has 0 radical (unpaired) electrons. The summed E-state index contributed by atoms with van der Waals surface area (Å²) in [5, 5.41) is 0. The van der Waals surface area contributed by atoms with E-state index in [9.17, 15) is 9.59 Å². The summed E-state index contributed by atoms with van der Waals surface area (Å²) in [7, 11) is 1.35. The number of carbonyl (C=O) groups is 2. The van der Waals surface area contributed by atoms with Crippen molar-refractivity contribution in [1.29, 1.82) is 0 Å². The van der Waals surface area contributed by atoms with Crippen LogP contribution in [0.3, 0.4) is 0 Å². The third kappa shape index (κ3) is 3.13. The maximum Gasteiger partial charge on any atom is 0.339 e. The van der Waals surface area contributed by atoms with Crippen LogP contribution in [0.4, 0.5) is 0 Å². The first-order valence-electron chi connectivity index (χ1n) is 9.06. The number of likely N-dealkylation sites (tertiary alicyclic amines) is 1. The molecule has 3 heterocycles. The van der Waals surface area contributed by atoms with E-state index in [2.05, 4.69) is 21.5 Å². The van der Waals surface area contributed by atoms with E-state index in [1.807, 2.05) is 17.3 Å². The van der Waals surface area contributed by atoms with Crippen LogP contribution in [0.25, 0.3) is 0 Å². The van der Waals surface area contributed by atoms with Gasteiger partial charge >= 0.3 is 5.97 Å². The Bertz CT molecular complexity index is 821. The van der Waals surface area contributed by atoms with E-state index in [0.29, 0.717) is 29.1 Å². The molecule has 1 fully saturated rings. The molecule has 0 saturated carbocycles. The van der Waals surface area contributed by atoms with E-state index in [-0.39, 0.29) is 11.9 Å². The van der Waals surface area contributed by atoms with Crippen LogP contribution in [0.1, 0.15) is 63.7 Å². The van der Waals surface area contributed by atoms with Gasteiger partial charge in [0, 0.05) is 37.6 Å². The standard InChI is InChI=1S/C19H26N4O3/c1-5-15-20-8-10-23(15)14-7-6-9-22(11-14)18(24)17-12(2)16(13(3)21-17)19(25)26-4/h8,10,14,21H,5-7,9,11H2,1-4H3.